The molecule has 3 rings (SSSR count). The molecule has 132 valence electrons. The Bertz CT molecular complexity index is 853. The maximum atomic E-state index is 12.3. The fourth-order valence-electron chi connectivity index (χ4n) is 2.27. The van der Waals surface area contributed by atoms with Crippen LogP contribution in [0.5, 0.6) is 5.75 Å². The summed E-state index contributed by atoms with van der Waals surface area (Å²) < 4.78 is 5.41. The third-order valence-corrected chi connectivity index (χ3v) is 3.51. The molecular weight excluding hydrogens is 330 g/mol. The molecule has 2 N–H and O–H groups in total. The van der Waals surface area contributed by atoms with Gasteiger partial charge in [-0.25, -0.2) is 9.97 Å². The average Bonchev–Trinajstić information content (AvgIpc) is 2.69. The van der Waals surface area contributed by atoms with Gasteiger partial charge in [-0.05, 0) is 42.8 Å². The Labute approximate surface area is 151 Å². The zero-order valence-electron chi connectivity index (χ0n) is 14.3. The minimum Gasteiger partial charge on any atom is -0.494 e. The van der Waals surface area contributed by atoms with Crippen LogP contribution in [0.3, 0.4) is 0 Å². The Balaban J connectivity index is 1.62. The molecule has 3 aromatic rings. The number of carbonyl (C=O) groups excluding carboxylic acids is 1. The maximum absolute atomic E-state index is 12.3. The van der Waals surface area contributed by atoms with E-state index in [0.717, 1.165) is 17.0 Å². The van der Waals surface area contributed by atoms with Crippen molar-refractivity contribution >= 4 is 17.4 Å². The van der Waals surface area contributed by atoms with Crippen LogP contribution in [-0.4, -0.2) is 27.5 Å². The molecule has 0 spiro atoms. The third-order valence-electron chi connectivity index (χ3n) is 3.51. The fourth-order valence-corrected chi connectivity index (χ4v) is 2.27. The van der Waals surface area contributed by atoms with Gasteiger partial charge in [0.25, 0.3) is 5.91 Å². The molecule has 1 aromatic carbocycles. The first-order valence-electron chi connectivity index (χ1n) is 8.23. The van der Waals surface area contributed by atoms with Gasteiger partial charge in [0.05, 0.1) is 6.61 Å². The summed E-state index contributed by atoms with van der Waals surface area (Å²) in [6.45, 7) is 2.95. The highest BCUT2D eigenvalue weighted by Gasteiger charge is 2.09. The van der Waals surface area contributed by atoms with Gasteiger partial charge >= 0.3 is 0 Å². The molecule has 0 radical (unpaired) electrons. The first-order valence-corrected chi connectivity index (χ1v) is 8.23. The first-order chi connectivity index (χ1) is 12.7. The van der Waals surface area contributed by atoms with Gasteiger partial charge in [-0.2, -0.15) is 0 Å². The normalized spacial score (nSPS) is 10.2. The van der Waals surface area contributed by atoms with Crippen LogP contribution in [0.15, 0.2) is 61.2 Å². The third kappa shape index (κ3) is 4.76. The van der Waals surface area contributed by atoms with Crippen LogP contribution < -0.4 is 15.4 Å². The molecule has 0 atom stereocenters. The van der Waals surface area contributed by atoms with Gasteiger partial charge in [-0.15, -0.1) is 0 Å². The van der Waals surface area contributed by atoms with E-state index in [-0.39, 0.29) is 11.6 Å². The number of rotatable bonds is 7. The number of aromatic nitrogens is 3. The summed E-state index contributed by atoms with van der Waals surface area (Å²) in [5, 5.41) is 5.96. The van der Waals surface area contributed by atoms with Crippen LogP contribution >= 0.6 is 0 Å². The van der Waals surface area contributed by atoms with Gasteiger partial charge in [-0.1, -0.05) is 6.07 Å². The Morgan fingerprint density at radius 1 is 1.15 bits per heavy atom. The predicted molar refractivity (Wildman–Crippen MR) is 98.3 cm³/mol. The SMILES string of the molecule is CCOc1ccc(Nc2cc(C(=O)NCc3cccnc3)ncn2)cc1. The quantitative estimate of drug-likeness (QED) is 0.682. The lowest BCUT2D eigenvalue weighted by molar-refractivity contribution is 0.0945. The summed E-state index contributed by atoms with van der Waals surface area (Å²) in [5.74, 6) is 1.07. The van der Waals surface area contributed by atoms with Crippen molar-refractivity contribution in [3.05, 3.63) is 72.4 Å². The van der Waals surface area contributed by atoms with E-state index in [0.29, 0.717) is 19.0 Å². The fraction of sp³-hybridized carbons (Fsp3) is 0.158. The van der Waals surface area contributed by atoms with Gasteiger partial charge < -0.3 is 15.4 Å². The van der Waals surface area contributed by atoms with Gasteiger partial charge in [0, 0.05) is 30.7 Å². The zero-order valence-corrected chi connectivity index (χ0v) is 14.3. The number of hydrogen-bond acceptors (Lipinski definition) is 6. The number of nitrogens with zero attached hydrogens (tertiary/aromatic N) is 3. The molecule has 7 heteroatoms. The Kier molecular flexibility index (Phi) is 5.72. The van der Waals surface area contributed by atoms with Crippen molar-refractivity contribution in [2.24, 2.45) is 0 Å². The monoisotopic (exact) mass is 349 g/mol. The van der Waals surface area contributed by atoms with Crippen molar-refractivity contribution in [2.45, 2.75) is 13.5 Å². The van der Waals surface area contributed by atoms with Crippen molar-refractivity contribution in [3.8, 4) is 5.75 Å². The molecule has 2 heterocycles. The minimum absolute atomic E-state index is 0.272. The Morgan fingerprint density at radius 2 is 2.00 bits per heavy atom. The van der Waals surface area contributed by atoms with Crippen LogP contribution in [0, 0.1) is 0 Å². The number of carbonyl (C=O) groups is 1. The smallest absolute Gasteiger partial charge is 0.270 e. The van der Waals surface area contributed by atoms with Gasteiger partial charge in [-0.3, -0.25) is 9.78 Å². The van der Waals surface area contributed by atoms with Crippen molar-refractivity contribution in [3.63, 3.8) is 0 Å². The molecule has 0 bridgehead atoms. The lowest BCUT2D eigenvalue weighted by atomic mass is 10.2. The molecule has 0 aliphatic carbocycles. The van der Waals surface area contributed by atoms with E-state index in [1.807, 2.05) is 43.3 Å². The van der Waals surface area contributed by atoms with Crippen LogP contribution in [0.1, 0.15) is 23.0 Å². The molecule has 0 aliphatic heterocycles. The summed E-state index contributed by atoms with van der Waals surface area (Å²) >= 11 is 0. The highest BCUT2D eigenvalue weighted by Crippen LogP contribution is 2.19. The Hall–Kier alpha value is -3.48. The van der Waals surface area contributed by atoms with Crippen LogP contribution in [0.2, 0.25) is 0 Å². The van der Waals surface area contributed by atoms with E-state index in [1.165, 1.54) is 6.33 Å². The van der Waals surface area contributed by atoms with E-state index in [9.17, 15) is 4.79 Å². The molecule has 0 saturated carbocycles. The van der Waals surface area contributed by atoms with Crippen molar-refractivity contribution in [2.75, 3.05) is 11.9 Å². The van der Waals surface area contributed by atoms with Crippen molar-refractivity contribution < 1.29 is 9.53 Å². The predicted octanol–water partition coefficient (Wildman–Crippen LogP) is 2.94. The molecule has 0 fully saturated rings. The zero-order chi connectivity index (χ0) is 18.2. The average molecular weight is 349 g/mol. The van der Waals surface area contributed by atoms with Crippen LogP contribution in [0.4, 0.5) is 11.5 Å². The highest BCUT2D eigenvalue weighted by molar-refractivity contribution is 5.92. The molecule has 2 aromatic heterocycles. The summed E-state index contributed by atoms with van der Waals surface area (Å²) in [6, 6.07) is 12.8. The number of benzene rings is 1. The van der Waals surface area contributed by atoms with E-state index in [1.54, 1.807) is 18.5 Å². The standard InChI is InChI=1S/C19H19N5O2/c1-2-26-16-7-5-15(6-8-16)24-18-10-17(22-13-23-18)19(25)21-12-14-4-3-9-20-11-14/h3-11,13H,2,12H2,1H3,(H,21,25)(H,22,23,24). The Morgan fingerprint density at radius 3 is 2.73 bits per heavy atom. The largest absolute Gasteiger partial charge is 0.494 e. The van der Waals surface area contributed by atoms with E-state index in [2.05, 4.69) is 25.6 Å². The number of anilines is 2. The molecular formula is C19H19N5O2. The van der Waals surface area contributed by atoms with E-state index >= 15 is 0 Å². The van der Waals surface area contributed by atoms with Crippen LogP contribution in [-0.2, 0) is 6.54 Å². The van der Waals surface area contributed by atoms with Gasteiger partial charge in [0.2, 0.25) is 0 Å². The molecule has 1 amide bonds. The summed E-state index contributed by atoms with van der Waals surface area (Å²) in [6.07, 6.45) is 4.75. The van der Waals surface area contributed by atoms with Crippen molar-refractivity contribution in [1.29, 1.82) is 0 Å². The number of pyridine rings is 1. The molecule has 0 unspecified atom stereocenters. The highest BCUT2D eigenvalue weighted by atomic mass is 16.5. The second-order valence-corrected chi connectivity index (χ2v) is 5.41. The van der Waals surface area contributed by atoms with Gasteiger partial charge in [0.1, 0.15) is 23.6 Å². The van der Waals surface area contributed by atoms with Crippen molar-refractivity contribution in [1.82, 2.24) is 20.3 Å². The lowest BCUT2D eigenvalue weighted by Gasteiger charge is -2.09. The summed E-state index contributed by atoms with van der Waals surface area (Å²) in [5.41, 5.74) is 2.05. The number of amides is 1. The van der Waals surface area contributed by atoms with E-state index in [4.69, 9.17) is 4.74 Å². The summed E-state index contributed by atoms with van der Waals surface area (Å²) in [7, 11) is 0. The lowest BCUT2D eigenvalue weighted by Crippen LogP contribution is -2.24. The number of ether oxygens (including phenoxy) is 1. The second kappa shape index (κ2) is 8.57. The minimum atomic E-state index is -0.272. The molecule has 0 saturated heterocycles. The molecule has 26 heavy (non-hydrogen) atoms. The topological polar surface area (TPSA) is 89.0 Å². The summed E-state index contributed by atoms with van der Waals surface area (Å²) in [4.78, 5) is 24.5. The van der Waals surface area contributed by atoms with Gasteiger partial charge in [0.15, 0.2) is 0 Å². The number of nitrogens with one attached hydrogen (secondary N) is 2. The number of hydrogen-bond donors (Lipinski definition) is 2. The maximum Gasteiger partial charge on any atom is 0.270 e. The first kappa shape index (κ1) is 17.3. The molecule has 7 nitrogen and oxygen atoms in total. The van der Waals surface area contributed by atoms with Crippen LogP contribution in [0.25, 0.3) is 0 Å². The molecule has 0 aliphatic rings. The second-order valence-electron chi connectivity index (χ2n) is 5.41. The van der Waals surface area contributed by atoms with E-state index < -0.39 is 0 Å².